The summed E-state index contributed by atoms with van der Waals surface area (Å²) in [4.78, 5) is 10.7. The van der Waals surface area contributed by atoms with Gasteiger partial charge in [0.2, 0.25) is 0 Å². The minimum absolute atomic E-state index is 0.190. The number of aromatic nitrogens is 4. The largest absolute Gasteiger partial charge is 0.345 e. The lowest BCUT2D eigenvalue weighted by atomic mass is 9.95. The molecule has 25 heavy (non-hydrogen) atoms. The van der Waals surface area contributed by atoms with Gasteiger partial charge in [-0.2, -0.15) is 5.10 Å². The summed E-state index contributed by atoms with van der Waals surface area (Å²) in [6, 6.07) is 0. The Bertz CT molecular complexity index is 742. The number of rotatable bonds is 5. The highest BCUT2D eigenvalue weighted by Gasteiger charge is 2.23. The van der Waals surface area contributed by atoms with Gasteiger partial charge >= 0.3 is 0 Å². The Morgan fingerprint density at radius 1 is 1.24 bits per heavy atom. The van der Waals surface area contributed by atoms with Crippen molar-refractivity contribution in [3.8, 4) is 0 Å². The zero-order valence-corrected chi connectivity index (χ0v) is 15.6. The second-order valence-electron chi connectivity index (χ2n) is 7.60. The first-order valence-corrected chi connectivity index (χ1v) is 8.89. The summed E-state index contributed by atoms with van der Waals surface area (Å²) in [5, 5.41) is 4.79. The lowest BCUT2D eigenvalue weighted by Crippen LogP contribution is -2.17. The van der Waals surface area contributed by atoms with Crippen molar-refractivity contribution >= 4 is 5.82 Å². The predicted octanol–water partition coefficient (Wildman–Crippen LogP) is 4.13. The number of hydrogen-bond acceptors (Lipinski definition) is 4. The van der Waals surface area contributed by atoms with E-state index in [-0.39, 0.29) is 5.41 Å². The highest BCUT2D eigenvalue weighted by Crippen LogP contribution is 2.25. The van der Waals surface area contributed by atoms with Crippen LogP contribution in [0.5, 0.6) is 0 Å². The van der Waals surface area contributed by atoms with E-state index in [1.807, 2.05) is 0 Å². The molecule has 0 aliphatic carbocycles. The van der Waals surface area contributed by atoms with Crippen molar-refractivity contribution in [3.05, 3.63) is 59.8 Å². The van der Waals surface area contributed by atoms with Gasteiger partial charge < -0.3 is 4.90 Å². The standard InChI is InChI=1S/C20H27N5/c1-5-6-16(7-8-20(2,3)4)12-25-14-17-13-24(15-18(17)23-25)19-11-21-9-10-22-19/h6-11,14H,5,12-13,15H2,1-4H3/b8-7-,16-6+. The van der Waals surface area contributed by atoms with E-state index in [2.05, 4.69) is 71.7 Å². The van der Waals surface area contributed by atoms with Crippen LogP contribution in [0.3, 0.4) is 0 Å². The fraction of sp³-hybridized carbons (Fsp3) is 0.450. The summed E-state index contributed by atoms with van der Waals surface area (Å²) in [6.07, 6.45) is 15.2. The van der Waals surface area contributed by atoms with Crippen molar-refractivity contribution in [3.63, 3.8) is 0 Å². The number of fused-ring (bicyclic) bond motifs is 1. The molecule has 0 bridgehead atoms. The Hall–Kier alpha value is -2.43. The van der Waals surface area contributed by atoms with Gasteiger partial charge in [-0.15, -0.1) is 0 Å². The van der Waals surface area contributed by atoms with Gasteiger partial charge in [0.15, 0.2) is 0 Å². The van der Waals surface area contributed by atoms with Gasteiger partial charge in [0.25, 0.3) is 0 Å². The van der Waals surface area contributed by atoms with Crippen LogP contribution in [0.15, 0.2) is 48.6 Å². The van der Waals surface area contributed by atoms with E-state index in [0.29, 0.717) is 0 Å². The predicted molar refractivity (Wildman–Crippen MR) is 101 cm³/mol. The molecule has 3 rings (SSSR count). The van der Waals surface area contributed by atoms with E-state index < -0.39 is 0 Å². The maximum atomic E-state index is 4.79. The molecule has 0 unspecified atom stereocenters. The van der Waals surface area contributed by atoms with Crippen molar-refractivity contribution in [2.45, 2.75) is 53.8 Å². The van der Waals surface area contributed by atoms with Gasteiger partial charge in [0.05, 0.1) is 25.0 Å². The van der Waals surface area contributed by atoms with E-state index in [1.165, 1.54) is 11.1 Å². The van der Waals surface area contributed by atoms with Gasteiger partial charge in [-0.05, 0) is 17.4 Å². The molecule has 0 fully saturated rings. The maximum absolute atomic E-state index is 4.79. The second-order valence-corrected chi connectivity index (χ2v) is 7.60. The third-order valence-electron chi connectivity index (χ3n) is 4.11. The Balaban J connectivity index is 1.69. The van der Waals surface area contributed by atoms with Crippen molar-refractivity contribution in [1.29, 1.82) is 0 Å². The van der Waals surface area contributed by atoms with Crippen LogP contribution in [0.4, 0.5) is 5.82 Å². The fourth-order valence-corrected chi connectivity index (χ4v) is 2.90. The average molecular weight is 337 g/mol. The quantitative estimate of drug-likeness (QED) is 0.770. The molecule has 0 spiro atoms. The van der Waals surface area contributed by atoms with E-state index in [0.717, 1.165) is 37.6 Å². The average Bonchev–Trinajstić information content (AvgIpc) is 3.11. The molecule has 1 aliphatic heterocycles. The van der Waals surface area contributed by atoms with Gasteiger partial charge in [-0.1, -0.05) is 45.9 Å². The highest BCUT2D eigenvalue weighted by molar-refractivity contribution is 5.43. The molecule has 2 aromatic heterocycles. The molecule has 0 saturated heterocycles. The molecule has 5 heteroatoms. The first-order valence-electron chi connectivity index (χ1n) is 8.89. The van der Waals surface area contributed by atoms with E-state index in [1.54, 1.807) is 18.6 Å². The minimum Gasteiger partial charge on any atom is -0.345 e. The molecule has 132 valence electrons. The number of allylic oxidation sites excluding steroid dienone is 4. The summed E-state index contributed by atoms with van der Waals surface area (Å²) >= 11 is 0. The van der Waals surface area contributed by atoms with E-state index in [4.69, 9.17) is 5.10 Å². The van der Waals surface area contributed by atoms with Crippen molar-refractivity contribution in [1.82, 2.24) is 19.7 Å². The van der Waals surface area contributed by atoms with Crippen LogP contribution in [0.25, 0.3) is 0 Å². The monoisotopic (exact) mass is 337 g/mol. The molecule has 5 nitrogen and oxygen atoms in total. The van der Waals surface area contributed by atoms with Gasteiger partial charge in [-0.25, -0.2) is 4.98 Å². The van der Waals surface area contributed by atoms with Crippen LogP contribution >= 0.6 is 0 Å². The highest BCUT2D eigenvalue weighted by atomic mass is 15.3. The molecule has 0 amide bonds. The van der Waals surface area contributed by atoms with Crippen LogP contribution < -0.4 is 4.90 Å². The number of nitrogens with zero attached hydrogens (tertiary/aromatic N) is 5. The Labute approximate surface area is 150 Å². The van der Waals surface area contributed by atoms with Crippen LogP contribution in [0.2, 0.25) is 0 Å². The van der Waals surface area contributed by atoms with Gasteiger partial charge in [-0.3, -0.25) is 9.67 Å². The molecule has 0 aromatic carbocycles. The Kier molecular flexibility index (Phi) is 5.02. The third kappa shape index (κ3) is 4.56. The Morgan fingerprint density at radius 2 is 2.08 bits per heavy atom. The third-order valence-corrected chi connectivity index (χ3v) is 4.11. The summed E-state index contributed by atoms with van der Waals surface area (Å²) in [7, 11) is 0. The van der Waals surface area contributed by atoms with Crippen LogP contribution in [0, 0.1) is 5.41 Å². The molecular weight excluding hydrogens is 310 g/mol. The molecular formula is C20H27N5. The minimum atomic E-state index is 0.190. The topological polar surface area (TPSA) is 46.8 Å². The fourth-order valence-electron chi connectivity index (χ4n) is 2.90. The molecule has 0 N–H and O–H groups in total. The summed E-state index contributed by atoms with van der Waals surface area (Å²) in [5.41, 5.74) is 3.92. The van der Waals surface area contributed by atoms with Crippen LogP contribution in [-0.2, 0) is 19.6 Å². The molecule has 0 saturated carbocycles. The van der Waals surface area contributed by atoms with E-state index >= 15 is 0 Å². The number of hydrogen-bond donors (Lipinski definition) is 0. The summed E-state index contributed by atoms with van der Waals surface area (Å²) in [5.74, 6) is 0.909. The summed E-state index contributed by atoms with van der Waals surface area (Å²) in [6.45, 7) is 11.3. The van der Waals surface area contributed by atoms with Gasteiger partial charge in [0.1, 0.15) is 5.82 Å². The summed E-state index contributed by atoms with van der Waals surface area (Å²) < 4.78 is 2.06. The maximum Gasteiger partial charge on any atom is 0.147 e. The smallest absolute Gasteiger partial charge is 0.147 e. The normalized spacial score (nSPS) is 15.2. The Morgan fingerprint density at radius 3 is 2.72 bits per heavy atom. The molecule has 2 aromatic rings. The molecule has 1 aliphatic rings. The first-order chi connectivity index (χ1) is 11.9. The van der Waals surface area contributed by atoms with Crippen LogP contribution in [-0.4, -0.2) is 19.7 Å². The second kappa shape index (κ2) is 7.21. The SMILES string of the molecule is CC/C=C(\C=C/C(C)(C)C)Cn1cc2c(n1)CN(c1cnccn1)C2. The lowest BCUT2D eigenvalue weighted by Gasteiger charge is -2.16. The van der Waals surface area contributed by atoms with E-state index in [9.17, 15) is 0 Å². The van der Waals surface area contributed by atoms with Crippen molar-refractivity contribution in [2.24, 2.45) is 5.41 Å². The zero-order valence-electron chi connectivity index (χ0n) is 15.6. The molecule has 3 heterocycles. The van der Waals surface area contributed by atoms with Crippen molar-refractivity contribution in [2.75, 3.05) is 4.90 Å². The van der Waals surface area contributed by atoms with Crippen molar-refractivity contribution < 1.29 is 0 Å². The van der Waals surface area contributed by atoms with Gasteiger partial charge in [0, 0.05) is 30.7 Å². The zero-order chi connectivity index (χ0) is 17.9. The first kappa shape index (κ1) is 17.4. The lowest BCUT2D eigenvalue weighted by molar-refractivity contribution is 0.543. The molecule has 0 atom stereocenters. The number of anilines is 1. The van der Waals surface area contributed by atoms with Crippen LogP contribution in [0.1, 0.15) is 45.4 Å². The molecule has 0 radical (unpaired) electrons.